The Morgan fingerprint density at radius 2 is 2.19 bits per heavy atom. The highest BCUT2D eigenvalue weighted by Crippen LogP contribution is 2.25. The molecule has 0 saturated heterocycles. The molecular formula is C11H11ClIN3. The number of halogens is 2. The molecule has 1 unspecified atom stereocenters. The number of hydrogen-bond acceptors (Lipinski definition) is 2. The molecule has 0 aliphatic rings. The predicted octanol–water partition coefficient (Wildman–Crippen LogP) is 2.73. The Morgan fingerprint density at radius 3 is 2.75 bits per heavy atom. The largest absolute Gasteiger partial charge is 0.320 e. The number of hydrogen-bond donors (Lipinski definition) is 1. The molecule has 2 rings (SSSR count). The van der Waals surface area contributed by atoms with Gasteiger partial charge in [-0.2, -0.15) is 5.10 Å². The summed E-state index contributed by atoms with van der Waals surface area (Å²) in [6.45, 7) is 0. The van der Waals surface area contributed by atoms with Gasteiger partial charge in [0.15, 0.2) is 0 Å². The van der Waals surface area contributed by atoms with Crippen molar-refractivity contribution < 1.29 is 0 Å². The quantitative estimate of drug-likeness (QED) is 0.849. The Balaban J connectivity index is 2.33. The van der Waals surface area contributed by atoms with Crippen LogP contribution in [-0.4, -0.2) is 9.78 Å². The Labute approximate surface area is 113 Å². The fourth-order valence-electron chi connectivity index (χ4n) is 1.50. The van der Waals surface area contributed by atoms with E-state index in [1.807, 2.05) is 31.4 Å². The molecule has 1 aromatic carbocycles. The van der Waals surface area contributed by atoms with Gasteiger partial charge in [0, 0.05) is 22.4 Å². The molecule has 0 aliphatic heterocycles. The van der Waals surface area contributed by atoms with Crippen molar-refractivity contribution >= 4 is 34.2 Å². The van der Waals surface area contributed by atoms with Gasteiger partial charge in [-0.15, -0.1) is 0 Å². The van der Waals surface area contributed by atoms with E-state index in [1.54, 1.807) is 10.9 Å². The summed E-state index contributed by atoms with van der Waals surface area (Å²) in [5.74, 6) is 0. The molecule has 0 radical (unpaired) electrons. The third kappa shape index (κ3) is 2.39. The maximum Gasteiger partial charge on any atom is 0.0583 e. The molecule has 2 aromatic rings. The second kappa shape index (κ2) is 4.73. The minimum Gasteiger partial charge on any atom is -0.320 e. The fourth-order valence-corrected chi connectivity index (χ4v) is 2.02. The summed E-state index contributed by atoms with van der Waals surface area (Å²) in [6.07, 6.45) is 3.69. The highest BCUT2D eigenvalue weighted by Gasteiger charge is 2.11. The van der Waals surface area contributed by atoms with Crippen LogP contribution in [0, 0.1) is 3.57 Å². The Hall–Kier alpha value is -0.590. The molecule has 0 amide bonds. The Morgan fingerprint density at radius 1 is 1.44 bits per heavy atom. The second-order valence-electron chi connectivity index (χ2n) is 3.60. The van der Waals surface area contributed by atoms with E-state index in [2.05, 4.69) is 27.7 Å². The lowest BCUT2D eigenvalue weighted by atomic mass is 10.0. The van der Waals surface area contributed by atoms with Gasteiger partial charge in [-0.25, -0.2) is 0 Å². The first-order valence-electron chi connectivity index (χ1n) is 4.77. The summed E-state index contributed by atoms with van der Waals surface area (Å²) < 4.78 is 2.77. The molecule has 0 bridgehead atoms. The predicted molar refractivity (Wildman–Crippen MR) is 73.4 cm³/mol. The third-order valence-corrected chi connectivity index (χ3v) is 3.96. The minimum absolute atomic E-state index is 0.178. The topological polar surface area (TPSA) is 43.8 Å². The van der Waals surface area contributed by atoms with Crippen LogP contribution in [0.5, 0.6) is 0 Å². The molecule has 1 atom stereocenters. The van der Waals surface area contributed by atoms with E-state index in [0.717, 1.165) is 19.7 Å². The molecule has 84 valence electrons. The zero-order chi connectivity index (χ0) is 11.7. The van der Waals surface area contributed by atoms with E-state index in [4.69, 9.17) is 17.3 Å². The van der Waals surface area contributed by atoms with Crippen LogP contribution in [0.2, 0.25) is 5.02 Å². The van der Waals surface area contributed by atoms with Crippen molar-refractivity contribution in [3.8, 4) is 0 Å². The van der Waals surface area contributed by atoms with Crippen LogP contribution in [0.1, 0.15) is 17.2 Å². The first-order chi connectivity index (χ1) is 7.58. The molecule has 0 aliphatic carbocycles. The molecule has 0 fully saturated rings. The number of nitrogens with zero attached hydrogens (tertiary/aromatic N) is 2. The maximum atomic E-state index is 6.13. The summed E-state index contributed by atoms with van der Waals surface area (Å²) in [7, 11) is 1.87. The molecule has 2 N–H and O–H groups in total. The van der Waals surface area contributed by atoms with E-state index in [0.29, 0.717) is 0 Å². The Kier molecular flexibility index (Phi) is 3.51. The number of aromatic nitrogens is 2. The average Bonchev–Trinajstić information content (AvgIpc) is 2.68. The maximum absolute atomic E-state index is 6.13. The summed E-state index contributed by atoms with van der Waals surface area (Å²) >= 11 is 8.26. The molecule has 5 heteroatoms. The van der Waals surface area contributed by atoms with Crippen molar-refractivity contribution in [2.75, 3.05) is 0 Å². The van der Waals surface area contributed by atoms with Gasteiger partial charge in [0.2, 0.25) is 0 Å². The lowest BCUT2D eigenvalue weighted by Gasteiger charge is -2.10. The van der Waals surface area contributed by atoms with E-state index < -0.39 is 0 Å². The molecule has 16 heavy (non-hydrogen) atoms. The van der Waals surface area contributed by atoms with Crippen molar-refractivity contribution in [3.05, 3.63) is 50.3 Å². The normalized spacial score (nSPS) is 12.8. The fraction of sp³-hybridized carbons (Fsp3) is 0.182. The van der Waals surface area contributed by atoms with Crippen LogP contribution < -0.4 is 5.73 Å². The van der Waals surface area contributed by atoms with Crippen molar-refractivity contribution in [1.29, 1.82) is 0 Å². The van der Waals surface area contributed by atoms with Crippen LogP contribution >= 0.6 is 34.2 Å². The first kappa shape index (κ1) is 11.9. The van der Waals surface area contributed by atoms with Gasteiger partial charge in [0.1, 0.15) is 0 Å². The first-order valence-corrected chi connectivity index (χ1v) is 6.22. The van der Waals surface area contributed by atoms with Crippen LogP contribution in [0.25, 0.3) is 0 Å². The molecule has 0 spiro atoms. The van der Waals surface area contributed by atoms with E-state index >= 15 is 0 Å². The smallest absolute Gasteiger partial charge is 0.0583 e. The molecule has 1 heterocycles. The zero-order valence-corrected chi connectivity index (χ0v) is 11.6. The van der Waals surface area contributed by atoms with Crippen molar-refractivity contribution in [3.63, 3.8) is 0 Å². The van der Waals surface area contributed by atoms with Crippen LogP contribution in [0.3, 0.4) is 0 Å². The molecule has 3 nitrogen and oxygen atoms in total. The average molecular weight is 348 g/mol. The third-order valence-electron chi connectivity index (χ3n) is 2.39. The molecule has 1 aromatic heterocycles. The lowest BCUT2D eigenvalue weighted by molar-refractivity contribution is 0.765. The molecule has 0 saturated carbocycles. The van der Waals surface area contributed by atoms with Gasteiger partial charge in [0.05, 0.1) is 17.3 Å². The second-order valence-corrected chi connectivity index (χ2v) is 5.17. The van der Waals surface area contributed by atoms with Gasteiger partial charge < -0.3 is 5.73 Å². The standard InChI is InChI=1S/C11H11ClIN3/c1-16-6-8(5-15-16)11(14)7-2-3-10(13)9(12)4-7/h2-6,11H,14H2,1H3. The van der Waals surface area contributed by atoms with Crippen molar-refractivity contribution in [2.45, 2.75) is 6.04 Å². The monoisotopic (exact) mass is 347 g/mol. The summed E-state index contributed by atoms with van der Waals surface area (Å²) in [5.41, 5.74) is 8.12. The highest BCUT2D eigenvalue weighted by molar-refractivity contribution is 14.1. The van der Waals surface area contributed by atoms with Crippen LogP contribution in [0.15, 0.2) is 30.6 Å². The van der Waals surface area contributed by atoms with Gasteiger partial charge in [-0.05, 0) is 40.3 Å². The van der Waals surface area contributed by atoms with Gasteiger partial charge in [0.25, 0.3) is 0 Å². The number of aryl methyl sites for hydroxylation is 1. The highest BCUT2D eigenvalue weighted by atomic mass is 127. The van der Waals surface area contributed by atoms with Crippen molar-refractivity contribution in [2.24, 2.45) is 12.8 Å². The number of rotatable bonds is 2. The van der Waals surface area contributed by atoms with Crippen LogP contribution in [-0.2, 0) is 7.05 Å². The number of benzene rings is 1. The zero-order valence-electron chi connectivity index (χ0n) is 8.69. The van der Waals surface area contributed by atoms with Crippen LogP contribution in [0.4, 0.5) is 0 Å². The van der Waals surface area contributed by atoms with E-state index in [-0.39, 0.29) is 6.04 Å². The lowest BCUT2D eigenvalue weighted by Crippen LogP contribution is -2.11. The van der Waals surface area contributed by atoms with E-state index in [1.165, 1.54) is 0 Å². The van der Waals surface area contributed by atoms with Gasteiger partial charge in [-0.1, -0.05) is 17.7 Å². The van der Waals surface area contributed by atoms with Gasteiger partial charge in [-0.3, -0.25) is 4.68 Å². The Bertz CT molecular complexity index is 510. The summed E-state index contributed by atoms with van der Waals surface area (Å²) in [6, 6.07) is 5.68. The number of nitrogens with two attached hydrogens (primary N) is 1. The van der Waals surface area contributed by atoms with E-state index in [9.17, 15) is 0 Å². The summed E-state index contributed by atoms with van der Waals surface area (Å²) in [5, 5.41) is 4.84. The van der Waals surface area contributed by atoms with Crippen molar-refractivity contribution in [1.82, 2.24) is 9.78 Å². The molecular weight excluding hydrogens is 336 g/mol. The minimum atomic E-state index is -0.178. The van der Waals surface area contributed by atoms with Gasteiger partial charge >= 0.3 is 0 Å². The summed E-state index contributed by atoms with van der Waals surface area (Å²) in [4.78, 5) is 0. The SMILES string of the molecule is Cn1cc(C(N)c2ccc(I)c(Cl)c2)cn1.